The smallest absolute Gasteiger partial charge is 0.408 e. The van der Waals surface area contributed by atoms with Crippen molar-refractivity contribution in [3.05, 3.63) is 41.7 Å². The first kappa shape index (κ1) is 23.4. The number of rotatable bonds is 6. The topological polar surface area (TPSA) is 75.2 Å². The molecule has 162 valence electrons. The normalized spacial score (nSPS) is 22.2. The van der Waals surface area contributed by atoms with Gasteiger partial charge in [0.1, 0.15) is 30.5 Å². The molecule has 0 bridgehead atoms. The average Bonchev–Trinajstić information content (AvgIpc) is 3.01. The first-order valence-electron chi connectivity index (χ1n) is 8.92. The second-order valence-electron chi connectivity index (χ2n) is 6.85. The van der Waals surface area contributed by atoms with Gasteiger partial charge in [0.05, 0.1) is 6.10 Å². The van der Waals surface area contributed by atoms with Crippen molar-refractivity contribution >= 4 is 12.4 Å². The van der Waals surface area contributed by atoms with Crippen LogP contribution in [0, 0.1) is 5.82 Å². The van der Waals surface area contributed by atoms with Crippen LogP contribution >= 0.6 is 12.4 Å². The van der Waals surface area contributed by atoms with Crippen LogP contribution < -0.4 is 10.5 Å². The molecule has 1 saturated carbocycles. The third kappa shape index (κ3) is 6.28. The molecule has 1 aliphatic carbocycles. The molecule has 11 heteroatoms. The second-order valence-corrected chi connectivity index (χ2v) is 6.85. The van der Waals surface area contributed by atoms with E-state index >= 15 is 0 Å². The van der Waals surface area contributed by atoms with Crippen LogP contribution in [0.15, 0.2) is 24.3 Å². The Morgan fingerprint density at radius 2 is 2.03 bits per heavy atom. The monoisotopic (exact) mass is 438 g/mol. The van der Waals surface area contributed by atoms with Crippen LogP contribution in [0.25, 0.3) is 0 Å². The van der Waals surface area contributed by atoms with Gasteiger partial charge < -0.3 is 15.2 Å². The van der Waals surface area contributed by atoms with Crippen LogP contribution in [0.3, 0.4) is 0 Å². The summed E-state index contributed by atoms with van der Waals surface area (Å²) >= 11 is 0. The summed E-state index contributed by atoms with van der Waals surface area (Å²) in [5, 5.41) is 3.97. The maximum atomic E-state index is 13.2. The van der Waals surface area contributed by atoms with Crippen molar-refractivity contribution in [2.75, 3.05) is 7.11 Å². The fourth-order valence-electron chi connectivity index (χ4n) is 3.42. The number of hydrogen-bond acceptors (Lipinski definition) is 5. The van der Waals surface area contributed by atoms with E-state index in [2.05, 4.69) is 10.1 Å². The summed E-state index contributed by atoms with van der Waals surface area (Å²) in [4.78, 5) is 4.29. The summed E-state index contributed by atoms with van der Waals surface area (Å²) in [5.41, 5.74) is 6.00. The summed E-state index contributed by atoms with van der Waals surface area (Å²) in [7, 11) is 1.53. The molecule has 2 aromatic rings. The quantitative estimate of drug-likeness (QED) is 0.697. The maximum absolute atomic E-state index is 13.2. The summed E-state index contributed by atoms with van der Waals surface area (Å²) < 4.78 is 63.8. The Labute approximate surface area is 171 Å². The van der Waals surface area contributed by atoms with Crippen molar-refractivity contribution in [3.63, 3.8) is 0 Å². The summed E-state index contributed by atoms with van der Waals surface area (Å²) in [6.45, 7) is -1.41. The highest BCUT2D eigenvalue weighted by atomic mass is 35.5. The standard InChI is InChI=1S/C18H22F4N4O2.ClH/c1-27-15-7-11(5-6-14(15)23)17-24-16(25-26(17)10-18(20,21)22)9-28-13-4-2-3-12(19)8-13;/h2-4,8,11,14-15H,5-7,9-10,23H2,1H3;1H/t11-,14-,15-;/m0./s1. The van der Waals surface area contributed by atoms with E-state index in [1.807, 2.05) is 0 Å². The van der Waals surface area contributed by atoms with Crippen LogP contribution in [0.2, 0.25) is 0 Å². The number of hydrogen-bond donors (Lipinski definition) is 1. The van der Waals surface area contributed by atoms with Crippen molar-refractivity contribution in [3.8, 4) is 5.75 Å². The lowest BCUT2D eigenvalue weighted by Crippen LogP contribution is -2.41. The predicted molar refractivity (Wildman–Crippen MR) is 99.4 cm³/mol. The van der Waals surface area contributed by atoms with Gasteiger partial charge in [0.25, 0.3) is 0 Å². The van der Waals surface area contributed by atoms with Crippen molar-refractivity contribution in [1.82, 2.24) is 14.8 Å². The molecule has 6 nitrogen and oxygen atoms in total. The van der Waals surface area contributed by atoms with E-state index in [0.29, 0.717) is 19.3 Å². The minimum absolute atomic E-state index is 0. The number of nitrogens with zero attached hydrogens (tertiary/aromatic N) is 3. The zero-order chi connectivity index (χ0) is 20.3. The lowest BCUT2D eigenvalue weighted by Gasteiger charge is -2.32. The Morgan fingerprint density at radius 1 is 1.28 bits per heavy atom. The number of nitrogens with two attached hydrogens (primary N) is 1. The Bertz CT molecular complexity index is 802. The number of benzene rings is 1. The molecule has 2 N–H and O–H groups in total. The molecule has 1 aromatic carbocycles. The molecule has 3 rings (SSSR count). The molecular formula is C18H23ClF4N4O2. The zero-order valence-electron chi connectivity index (χ0n) is 15.7. The molecule has 29 heavy (non-hydrogen) atoms. The van der Waals surface area contributed by atoms with Crippen molar-refractivity contribution in [1.29, 1.82) is 0 Å². The molecule has 0 saturated heterocycles. The first-order chi connectivity index (χ1) is 13.2. The molecule has 0 amide bonds. The lowest BCUT2D eigenvalue weighted by molar-refractivity contribution is -0.143. The van der Waals surface area contributed by atoms with Gasteiger partial charge in [0.2, 0.25) is 0 Å². The van der Waals surface area contributed by atoms with Gasteiger partial charge in [-0.2, -0.15) is 18.3 Å². The minimum Gasteiger partial charge on any atom is -0.485 e. The van der Waals surface area contributed by atoms with E-state index < -0.39 is 18.5 Å². The third-order valence-electron chi connectivity index (χ3n) is 4.75. The third-order valence-corrected chi connectivity index (χ3v) is 4.75. The van der Waals surface area contributed by atoms with Gasteiger partial charge in [0.15, 0.2) is 5.82 Å². The number of halogens is 5. The SMILES string of the molecule is CO[C@H]1C[C@@H](c2nc(COc3cccc(F)c3)nn2CC(F)(F)F)CC[C@@H]1N.Cl. The average molecular weight is 439 g/mol. The van der Waals surface area contributed by atoms with Crippen molar-refractivity contribution < 1.29 is 27.0 Å². The van der Waals surface area contributed by atoms with E-state index in [4.69, 9.17) is 15.2 Å². The second kappa shape index (κ2) is 9.73. The largest absolute Gasteiger partial charge is 0.485 e. The molecule has 3 atom stereocenters. The lowest BCUT2D eigenvalue weighted by atomic mass is 9.83. The predicted octanol–water partition coefficient (Wildman–Crippen LogP) is 3.59. The van der Waals surface area contributed by atoms with Gasteiger partial charge in [-0.1, -0.05) is 6.07 Å². The molecule has 1 fully saturated rings. The Hall–Kier alpha value is -1.91. The van der Waals surface area contributed by atoms with Crippen LogP contribution in [0.1, 0.15) is 36.8 Å². The van der Waals surface area contributed by atoms with Gasteiger partial charge in [-0.25, -0.2) is 14.1 Å². The molecule has 1 heterocycles. The minimum atomic E-state index is -4.44. The van der Waals surface area contributed by atoms with Crippen molar-refractivity contribution in [2.45, 2.75) is 56.7 Å². The molecule has 0 radical (unpaired) electrons. The Morgan fingerprint density at radius 3 is 2.69 bits per heavy atom. The summed E-state index contributed by atoms with van der Waals surface area (Å²) in [5.74, 6) is -0.131. The van der Waals surface area contributed by atoms with E-state index in [1.54, 1.807) is 6.07 Å². The van der Waals surface area contributed by atoms with E-state index in [0.717, 1.165) is 4.68 Å². The molecule has 0 spiro atoms. The molecule has 0 unspecified atom stereocenters. The molecular weight excluding hydrogens is 416 g/mol. The van der Waals surface area contributed by atoms with Gasteiger partial charge in [-0.3, -0.25) is 0 Å². The van der Waals surface area contributed by atoms with E-state index in [1.165, 1.54) is 25.3 Å². The fraction of sp³-hybridized carbons (Fsp3) is 0.556. The molecule has 0 aliphatic heterocycles. The van der Waals surface area contributed by atoms with Crippen LogP contribution in [-0.4, -0.2) is 40.2 Å². The van der Waals surface area contributed by atoms with Gasteiger partial charge in [-0.05, 0) is 31.4 Å². The van der Waals surface area contributed by atoms with Crippen LogP contribution in [-0.2, 0) is 17.9 Å². The maximum Gasteiger partial charge on any atom is 0.408 e. The Balaban J connectivity index is 0.00000300. The number of aromatic nitrogens is 3. The fourth-order valence-corrected chi connectivity index (χ4v) is 3.42. The highest BCUT2D eigenvalue weighted by Crippen LogP contribution is 2.34. The summed E-state index contributed by atoms with van der Waals surface area (Å²) in [6.07, 6.45) is -2.99. The highest BCUT2D eigenvalue weighted by molar-refractivity contribution is 5.85. The first-order valence-corrected chi connectivity index (χ1v) is 8.92. The zero-order valence-corrected chi connectivity index (χ0v) is 16.5. The molecule has 1 aliphatic rings. The Kier molecular flexibility index (Phi) is 7.84. The number of methoxy groups -OCH3 is 1. The number of alkyl halides is 3. The summed E-state index contributed by atoms with van der Waals surface area (Å²) in [6, 6.07) is 5.31. The van der Waals surface area contributed by atoms with Gasteiger partial charge in [-0.15, -0.1) is 12.4 Å². The highest BCUT2D eigenvalue weighted by Gasteiger charge is 2.35. The van der Waals surface area contributed by atoms with E-state index in [-0.39, 0.29) is 54.5 Å². The van der Waals surface area contributed by atoms with Crippen molar-refractivity contribution in [2.24, 2.45) is 5.73 Å². The van der Waals surface area contributed by atoms with E-state index in [9.17, 15) is 17.6 Å². The van der Waals surface area contributed by atoms with Gasteiger partial charge in [0, 0.05) is 25.1 Å². The molecule has 1 aromatic heterocycles. The van der Waals surface area contributed by atoms with Crippen LogP contribution in [0.4, 0.5) is 17.6 Å². The van der Waals surface area contributed by atoms with Gasteiger partial charge >= 0.3 is 6.18 Å². The number of ether oxygens (including phenoxy) is 2. The van der Waals surface area contributed by atoms with Crippen LogP contribution in [0.5, 0.6) is 5.75 Å².